The molecule has 0 saturated heterocycles. The molecule has 5 heteroatoms. The van der Waals surface area contributed by atoms with Gasteiger partial charge in [-0.25, -0.2) is 0 Å². The number of halogens is 1. The predicted octanol–water partition coefficient (Wildman–Crippen LogP) is 1.90. The van der Waals surface area contributed by atoms with Crippen LogP contribution in [0, 0.1) is 0 Å². The van der Waals surface area contributed by atoms with Gasteiger partial charge < -0.3 is 15.3 Å². The van der Waals surface area contributed by atoms with Crippen LogP contribution in [0.15, 0.2) is 30.5 Å². The molecule has 1 aromatic carbocycles. The van der Waals surface area contributed by atoms with Gasteiger partial charge in [0, 0.05) is 36.2 Å². The van der Waals surface area contributed by atoms with Crippen LogP contribution in [0.25, 0.3) is 10.9 Å². The van der Waals surface area contributed by atoms with E-state index in [9.17, 15) is 5.11 Å². The molecule has 1 unspecified atom stereocenters. The molecule has 0 aliphatic heterocycles. The number of aliphatic hydroxyl groups excluding tert-OH is 1. The maximum Gasteiger partial charge on any atom is 0.0791 e. The van der Waals surface area contributed by atoms with Crippen molar-refractivity contribution in [2.24, 2.45) is 0 Å². The Labute approximate surface area is 124 Å². The minimum atomic E-state index is -0.378. The molecule has 20 heavy (non-hydrogen) atoms. The summed E-state index contributed by atoms with van der Waals surface area (Å²) < 4.78 is 0. The summed E-state index contributed by atoms with van der Waals surface area (Å²) in [6, 6.07) is 7.71. The fourth-order valence-corrected chi connectivity index (χ4v) is 2.41. The third kappa shape index (κ3) is 3.90. The van der Waals surface area contributed by atoms with Crippen LogP contribution < -0.4 is 5.32 Å². The molecule has 2 N–H and O–H groups in total. The summed E-state index contributed by atoms with van der Waals surface area (Å²) in [4.78, 5) is 6.36. The Morgan fingerprint density at radius 2 is 2.15 bits per heavy atom. The maximum absolute atomic E-state index is 9.81. The van der Waals surface area contributed by atoms with Gasteiger partial charge in [-0.15, -0.1) is 0 Å². The van der Waals surface area contributed by atoms with E-state index in [1.807, 2.05) is 43.3 Å². The SMILES string of the molecule is CN(C)CC(O)CNCc1ccc(Cl)c2cccnc12. The highest BCUT2D eigenvalue weighted by Gasteiger charge is 2.08. The second kappa shape index (κ2) is 6.99. The first-order valence-corrected chi connectivity index (χ1v) is 7.01. The Morgan fingerprint density at radius 3 is 2.90 bits per heavy atom. The predicted molar refractivity (Wildman–Crippen MR) is 83.0 cm³/mol. The van der Waals surface area contributed by atoms with Crippen LogP contribution in [0.5, 0.6) is 0 Å². The number of nitrogens with zero attached hydrogens (tertiary/aromatic N) is 2. The van der Waals surface area contributed by atoms with Crippen molar-refractivity contribution >= 4 is 22.5 Å². The Balaban J connectivity index is 2.02. The van der Waals surface area contributed by atoms with Crippen LogP contribution in [0.1, 0.15) is 5.56 Å². The van der Waals surface area contributed by atoms with Gasteiger partial charge >= 0.3 is 0 Å². The van der Waals surface area contributed by atoms with Gasteiger partial charge in [-0.2, -0.15) is 0 Å². The zero-order valence-electron chi connectivity index (χ0n) is 11.8. The lowest BCUT2D eigenvalue weighted by atomic mass is 10.1. The molecule has 0 saturated carbocycles. The van der Waals surface area contributed by atoms with Gasteiger partial charge in [0.15, 0.2) is 0 Å². The molecule has 0 bridgehead atoms. The van der Waals surface area contributed by atoms with Crippen LogP contribution in [0.2, 0.25) is 5.02 Å². The van der Waals surface area contributed by atoms with Gasteiger partial charge in [0.2, 0.25) is 0 Å². The van der Waals surface area contributed by atoms with Crippen LogP contribution in [0.4, 0.5) is 0 Å². The number of rotatable bonds is 6. The standard InChI is InChI=1S/C15H20ClN3O/c1-19(2)10-12(20)9-17-8-11-5-6-14(16)13-4-3-7-18-15(11)13/h3-7,12,17,20H,8-10H2,1-2H3. The summed E-state index contributed by atoms with van der Waals surface area (Å²) in [6.45, 7) is 1.86. The van der Waals surface area contributed by atoms with Gasteiger partial charge in [0.25, 0.3) is 0 Å². The highest BCUT2D eigenvalue weighted by molar-refractivity contribution is 6.35. The van der Waals surface area contributed by atoms with E-state index in [-0.39, 0.29) is 6.10 Å². The zero-order chi connectivity index (χ0) is 14.5. The summed E-state index contributed by atoms with van der Waals surface area (Å²) >= 11 is 6.16. The molecule has 0 fully saturated rings. The lowest BCUT2D eigenvalue weighted by molar-refractivity contribution is 0.134. The number of pyridine rings is 1. The van der Waals surface area contributed by atoms with Crippen molar-refractivity contribution in [1.82, 2.24) is 15.2 Å². The minimum Gasteiger partial charge on any atom is -0.390 e. The number of aromatic nitrogens is 1. The van der Waals surface area contributed by atoms with Crippen LogP contribution >= 0.6 is 11.6 Å². The molecular weight excluding hydrogens is 274 g/mol. The van der Waals surface area contributed by atoms with Crippen molar-refractivity contribution in [2.75, 3.05) is 27.2 Å². The van der Waals surface area contributed by atoms with E-state index < -0.39 is 0 Å². The average molecular weight is 294 g/mol. The van der Waals surface area contributed by atoms with Gasteiger partial charge in [-0.3, -0.25) is 4.98 Å². The number of likely N-dealkylation sites (N-methyl/N-ethyl adjacent to an activating group) is 1. The molecule has 0 spiro atoms. The molecule has 2 aromatic rings. The number of fused-ring (bicyclic) bond motifs is 1. The van der Waals surface area contributed by atoms with Gasteiger partial charge in [-0.05, 0) is 37.9 Å². The van der Waals surface area contributed by atoms with Crippen molar-refractivity contribution in [3.8, 4) is 0 Å². The van der Waals surface area contributed by atoms with Crippen molar-refractivity contribution in [2.45, 2.75) is 12.6 Å². The maximum atomic E-state index is 9.81. The van der Waals surface area contributed by atoms with Crippen molar-refractivity contribution in [3.05, 3.63) is 41.0 Å². The summed E-state index contributed by atoms with van der Waals surface area (Å²) in [7, 11) is 3.89. The molecule has 1 aromatic heterocycles. The second-order valence-corrected chi connectivity index (χ2v) is 5.56. The smallest absolute Gasteiger partial charge is 0.0791 e. The molecule has 4 nitrogen and oxygen atoms in total. The average Bonchev–Trinajstić information content (AvgIpc) is 2.41. The Morgan fingerprint density at radius 1 is 1.35 bits per heavy atom. The molecule has 1 heterocycles. The molecular formula is C15H20ClN3O. The fraction of sp³-hybridized carbons (Fsp3) is 0.400. The van der Waals surface area contributed by atoms with E-state index >= 15 is 0 Å². The van der Waals surface area contributed by atoms with E-state index in [0.717, 1.165) is 16.5 Å². The highest BCUT2D eigenvalue weighted by Crippen LogP contribution is 2.24. The molecule has 0 radical (unpaired) electrons. The summed E-state index contributed by atoms with van der Waals surface area (Å²) in [5, 5.41) is 14.7. The van der Waals surface area contributed by atoms with Crippen molar-refractivity contribution in [1.29, 1.82) is 0 Å². The molecule has 1 atom stereocenters. The van der Waals surface area contributed by atoms with E-state index in [2.05, 4.69) is 10.3 Å². The monoisotopic (exact) mass is 293 g/mol. The third-order valence-electron chi connectivity index (χ3n) is 3.07. The summed E-state index contributed by atoms with van der Waals surface area (Å²) in [6.07, 6.45) is 1.39. The molecule has 0 aliphatic rings. The molecule has 0 amide bonds. The zero-order valence-corrected chi connectivity index (χ0v) is 12.6. The van der Waals surface area contributed by atoms with Crippen molar-refractivity contribution < 1.29 is 5.11 Å². The van der Waals surface area contributed by atoms with Crippen molar-refractivity contribution in [3.63, 3.8) is 0 Å². The largest absolute Gasteiger partial charge is 0.390 e. The quantitative estimate of drug-likeness (QED) is 0.854. The lowest BCUT2D eigenvalue weighted by Crippen LogP contribution is -2.34. The van der Waals surface area contributed by atoms with Gasteiger partial charge in [-0.1, -0.05) is 17.7 Å². The molecule has 108 valence electrons. The normalized spacial score (nSPS) is 13.1. The Hall–Kier alpha value is -1.20. The van der Waals surface area contributed by atoms with E-state index in [1.165, 1.54) is 0 Å². The van der Waals surface area contributed by atoms with E-state index in [0.29, 0.717) is 24.7 Å². The van der Waals surface area contributed by atoms with Crippen LogP contribution in [-0.4, -0.2) is 48.3 Å². The third-order valence-corrected chi connectivity index (χ3v) is 3.40. The van der Waals surface area contributed by atoms with Gasteiger partial charge in [0.1, 0.15) is 0 Å². The number of hydrogen-bond acceptors (Lipinski definition) is 4. The minimum absolute atomic E-state index is 0.378. The fourth-order valence-electron chi connectivity index (χ4n) is 2.20. The van der Waals surface area contributed by atoms with E-state index in [1.54, 1.807) is 6.20 Å². The van der Waals surface area contributed by atoms with Crippen LogP contribution in [0.3, 0.4) is 0 Å². The number of aliphatic hydroxyl groups is 1. The lowest BCUT2D eigenvalue weighted by Gasteiger charge is -2.16. The molecule has 0 aliphatic carbocycles. The summed E-state index contributed by atoms with van der Waals surface area (Å²) in [5.74, 6) is 0. The first-order valence-electron chi connectivity index (χ1n) is 6.63. The molecule has 2 rings (SSSR count). The first-order chi connectivity index (χ1) is 9.58. The van der Waals surface area contributed by atoms with E-state index in [4.69, 9.17) is 11.6 Å². The number of hydrogen-bond donors (Lipinski definition) is 2. The van der Waals surface area contributed by atoms with Gasteiger partial charge in [0.05, 0.1) is 11.6 Å². The Bertz CT molecular complexity index is 574. The number of benzene rings is 1. The first kappa shape index (κ1) is 15.2. The topological polar surface area (TPSA) is 48.4 Å². The highest BCUT2D eigenvalue weighted by atomic mass is 35.5. The number of nitrogens with one attached hydrogen (secondary N) is 1. The Kier molecular flexibility index (Phi) is 5.31. The second-order valence-electron chi connectivity index (χ2n) is 5.15. The summed E-state index contributed by atoms with van der Waals surface area (Å²) in [5.41, 5.74) is 2.00. The van der Waals surface area contributed by atoms with Crippen LogP contribution in [-0.2, 0) is 6.54 Å².